The lowest BCUT2D eigenvalue weighted by Crippen LogP contribution is -2.47. The van der Waals surface area contributed by atoms with Crippen LogP contribution in [0.2, 0.25) is 5.02 Å². The molecule has 0 aromatic heterocycles. The number of piperidine rings is 2. The van der Waals surface area contributed by atoms with Crippen molar-refractivity contribution in [3.8, 4) is 0 Å². The zero-order valence-electron chi connectivity index (χ0n) is 15.8. The van der Waals surface area contributed by atoms with Gasteiger partial charge in [0, 0.05) is 17.6 Å². The Balaban J connectivity index is 0.000000380. The van der Waals surface area contributed by atoms with Gasteiger partial charge in [-0.15, -0.1) is 0 Å². The molecule has 27 heavy (non-hydrogen) atoms. The fourth-order valence-corrected chi connectivity index (χ4v) is 3.94. The normalized spacial score (nSPS) is 19.9. The van der Waals surface area contributed by atoms with Crippen LogP contribution in [0.4, 0.5) is 0 Å². The SMILES string of the molecule is CC1CCN(C2CCN(Cc3cccc(Cl)c3)CC2)CC1.O=C(O)C(=O)O. The van der Waals surface area contributed by atoms with Gasteiger partial charge >= 0.3 is 11.9 Å². The molecule has 2 fully saturated rings. The van der Waals surface area contributed by atoms with Crippen molar-refractivity contribution >= 4 is 23.5 Å². The molecule has 0 saturated carbocycles. The van der Waals surface area contributed by atoms with Crippen LogP contribution in [-0.4, -0.2) is 64.2 Å². The van der Waals surface area contributed by atoms with Crippen LogP contribution in [0.5, 0.6) is 0 Å². The number of likely N-dealkylation sites (tertiary alicyclic amines) is 2. The molecule has 0 aliphatic carbocycles. The van der Waals surface area contributed by atoms with E-state index in [-0.39, 0.29) is 0 Å². The van der Waals surface area contributed by atoms with E-state index in [1.807, 2.05) is 6.07 Å². The molecule has 0 amide bonds. The number of aliphatic carboxylic acids is 2. The van der Waals surface area contributed by atoms with Gasteiger partial charge in [0.15, 0.2) is 0 Å². The third kappa shape index (κ3) is 7.48. The topological polar surface area (TPSA) is 81.1 Å². The average molecular weight is 397 g/mol. The quantitative estimate of drug-likeness (QED) is 0.763. The number of rotatable bonds is 3. The van der Waals surface area contributed by atoms with Crippen molar-refractivity contribution < 1.29 is 19.8 Å². The van der Waals surface area contributed by atoms with Crippen molar-refractivity contribution in [3.05, 3.63) is 34.9 Å². The molecular formula is C20H29ClN2O4. The van der Waals surface area contributed by atoms with E-state index in [0.717, 1.165) is 23.5 Å². The third-order valence-corrected chi connectivity index (χ3v) is 5.60. The molecule has 6 nitrogen and oxygen atoms in total. The van der Waals surface area contributed by atoms with Crippen LogP contribution in [0.15, 0.2) is 24.3 Å². The highest BCUT2D eigenvalue weighted by Crippen LogP contribution is 2.24. The van der Waals surface area contributed by atoms with Crippen molar-refractivity contribution in [3.63, 3.8) is 0 Å². The lowest BCUT2D eigenvalue weighted by molar-refractivity contribution is -0.159. The van der Waals surface area contributed by atoms with E-state index in [4.69, 9.17) is 31.4 Å². The summed E-state index contributed by atoms with van der Waals surface area (Å²) in [6.07, 6.45) is 5.44. The van der Waals surface area contributed by atoms with Crippen molar-refractivity contribution in [2.75, 3.05) is 26.2 Å². The lowest BCUT2D eigenvalue weighted by Gasteiger charge is -2.41. The average Bonchev–Trinajstić information content (AvgIpc) is 2.64. The zero-order chi connectivity index (χ0) is 19.8. The van der Waals surface area contributed by atoms with Crippen molar-refractivity contribution in [2.24, 2.45) is 5.92 Å². The largest absolute Gasteiger partial charge is 0.473 e. The van der Waals surface area contributed by atoms with Crippen LogP contribution in [0.25, 0.3) is 0 Å². The van der Waals surface area contributed by atoms with Gasteiger partial charge in [0.05, 0.1) is 0 Å². The molecule has 0 unspecified atom stereocenters. The van der Waals surface area contributed by atoms with Crippen LogP contribution < -0.4 is 0 Å². The maximum absolute atomic E-state index is 9.10. The Morgan fingerprint density at radius 2 is 1.63 bits per heavy atom. The Hall–Kier alpha value is -1.63. The number of halogens is 1. The summed E-state index contributed by atoms with van der Waals surface area (Å²) in [5.41, 5.74) is 1.34. The number of carbonyl (C=O) groups is 2. The first kappa shape index (κ1) is 21.7. The predicted molar refractivity (Wildman–Crippen MR) is 105 cm³/mol. The lowest BCUT2D eigenvalue weighted by atomic mass is 9.95. The number of nitrogens with zero attached hydrogens (tertiary/aromatic N) is 2. The Morgan fingerprint density at radius 3 is 2.15 bits per heavy atom. The van der Waals surface area contributed by atoms with Gasteiger partial charge in [-0.2, -0.15) is 0 Å². The summed E-state index contributed by atoms with van der Waals surface area (Å²) in [5, 5.41) is 15.6. The Morgan fingerprint density at radius 1 is 1.04 bits per heavy atom. The fourth-order valence-electron chi connectivity index (χ4n) is 3.73. The minimum Gasteiger partial charge on any atom is -0.473 e. The predicted octanol–water partition coefficient (Wildman–Crippen LogP) is 3.19. The molecule has 1 aromatic carbocycles. The second-order valence-corrected chi connectivity index (χ2v) is 7.90. The Bertz CT molecular complexity index is 612. The molecule has 1 aromatic rings. The Labute approximate surface area is 165 Å². The van der Waals surface area contributed by atoms with Gasteiger partial charge in [-0.25, -0.2) is 9.59 Å². The molecule has 0 spiro atoms. The molecule has 2 N–H and O–H groups in total. The second-order valence-electron chi connectivity index (χ2n) is 7.47. The van der Waals surface area contributed by atoms with Gasteiger partial charge in [-0.1, -0.05) is 30.7 Å². The van der Waals surface area contributed by atoms with Gasteiger partial charge in [0.2, 0.25) is 0 Å². The molecule has 2 saturated heterocycles. The summed E-state index contributed by atoms with van der Waals surface area (Å²) in [6.45, 7) is 8.53. The molecule has 2 aliphatic heterocycles. The zero-order valence-corrected chi connectivity index (χ0v) is 16.6. The maximum atomic E-state index is 9.10. The van der Waals surface area contributed by atoms with E-state index < -0.39 is 11.9 Å². The summed E-state index contributed by atoms with van der Waals surface area (Å²) in [4.78, 5) is 23.5. The van der Waals surface area contributed by atoms with E-state index in [2.05, 4.69) is 34.9 Å². The van der Waals surface area contributed by atoms with E-state index >= 15 is 0 Å². The van der Waals surface area contributed by atoms with E-state index in [1.165, 1.54) is 57.4 Å². The first-order valence-corrected chi connectivity index (χ1v) is 9.90. The number of hydrogen-bond acceptors (Lipinski definition) is 4. The summed E-state index contributed by atoms with van der Waals surface area (Å²) < 4.78 is 0. The van der Waals surface area contributed by atoms with Crippen LogP contribution in [0.3, 0.4) is 0 Å². The first-order valence-electron chi connectivity index (χ1n) is 9.52. The minimum atomic E-state index is -1.82. The number of hydrogen-bond donors (Lipinski definition) is 2. The molecule has 0 bridgehead atoms. The molecule has 3 rings (SSSR count). The third-order valence-electron chi connectivity index (χ3n) is 5.37. The fraction of sp³-hybridized carbons (Fsp3) is 0.600. The first-order chi connectivity index (χ1) is 12.8. The minimum absolute atomic E-state index is 0.827. The standard InChI is InChI=1S/C18H27ClN2.C2H2O4/c1-15-5-11-21(12-6-15)18-7-9-20(10-8-18)14-16-3-2-4-17(19)13-16;3-1(4)2(5)6/h2-4,13,15,18H,5-12,14H2,1H3;(H,3,4)(H,5,6). The van der Waals surface area contributed by atoms with Crippen molar-refractivity contribution in [1.29, 1.82) is 0 Å². The maximum Gasteiger partial charge on any atom is 0.414 e. The van der Waals surface area contributed by atoms with Gasteiger partial charge in [0.25, 0.3) is 0 Å². The van der Waals surface area contributed by atoms with Gasteiger partial charge in [0.1, 0.15) is 0 Å². The van der Waals surface area contributed by atoms with Crippen LogP contribution >= 0.6 is 11.6 Å². The smallest absolute Gasteiger partial charge is 0.414 e. The van der Waals surface area contributed by atoms with Gasteiger partial charge in [-0.3, -0.25) is 4.90 Å². The highest BCUT2D eigenvalue weighted by Gasteiger charge is 2.26. The van der Waals surface area contributed by atoms with Crippen LogP contribution in [0.1, 0.15) is 38.2 Å². The molecule has 7 heteroatoms. The monoisotopic (exact) mass is 396 g/mol. The van der Waals surface area contributed by atoms with E-state index in [0.29, 0.717) is 0 Å². The summed E-state index contributed by atoms with van der Waals surface area (Å²) in [7, 11) is 0. The number of carboxylic acids is 2. The Kier molecular flexibility index (Phi) is 8.54. The van der Waals surface area contributed by atoms with Gasteiger partial charge < -0.3 is 15.1 Å². The highest BCUT2D eigenvalue weighted by molar-refractivity contribution is 6.30. The van der Waals surface area contributed by atoms with E-state index in [1.54, 1.807) is 0 Å². The number of benzene rings is 1. The van der Waals surface area contributed by atoms with E-state index in [9.17, 15) is 0 Å². The van der Waals surface area contributed by atoms with Gasteiger partial charge in [-0.05, 0) is 75.5 Å². The number of carboxylic acid groups (broad SMARTS) is 2. The highest BCUT2D eigenvalue weighted by atomic mass is 35.5. The molecule has 0 radical (unpaired) electrons. The van der Waals surface area contributed by atoms with Crippen LogP contribution in [-0.2, 0) is 16.1 Å². The second kappa shape index (κ2) is 10.6. The summed E-state index contributed by atoms with van der Waals surface area (Å²) >= 11 is 6.07. The summed E-state index contributed by atoms with van der Waals surface area (Å²) in [6, 6.07) is 9.12. The van der Waals surface area contributed by atoms with Crippen molar-refractivity contribution in [1.82, 2.24) is 9.80 Å². The van der Waals surface area contributed by atoms with Crippen LogP contribution in [0, 0.1) is 5.92 Å². The van der Waals surface area contributed by atoms with Crippen molar-refractivity contribution in [2.45, 2.75) is 45.2 Å². The summed E-state index contributed by atoms with van der Waals surface area (Å²) in [5.74, 6) is -2.71. The molecule has 2 aliphatic rings. The molecule has 2 heterocycles. The molecular weight excluding hydrogens is 368 g/mol. The molecule has 150 valence electrons. The molecule has 0 atom stereocenters.